The molecule has 1 aromatic heterocycles. The average Bonchev–Trinajstić information content (AvgIpc) is 2.65. The maximum Gasteiger partial charge on any atom is 0.147 e. The van der Waals surface area contributed by atoms with Gasteiger partial charge in [0.05, 0.1) is 12.0 Å². The first-order chi connectivity index (χ1) is 7.86. The molecule has 1 saturated heterocycles. The summed E-state index contributed by atoms with van der Waals surface area (Å²) in [5.41, 5.74) is 1.64. The normalized spacial score (nSPS) is 16.1. The van der Waals surface area contributed by atoms with Gasteiger partial charge in [0.1, 0.15) is 5.82 Å². The Bertz CT molecular complexity index is 502. The fraction of sp³-hybridized carbons (Fsp3) is 0.250. The molecule has 0 saturated carbocycles. The minimum Gasteiger partial charge on any atom is -0.315 e. The number of nitrogens with one attached hydrogen (secondary N) is 1. The number of hydrogen-bond donors (Lipinski definition) is 1. The molecule has 3 rings (SSSR count). The lowest BCUT2D eigenvalue weighted by atomic mass is 10.00. The van der Waals surface area contributed by atoms with Crippen molar-refractivity contribution in [2.24, 2.45) is 0 Å². The molecular formula is C12H12FN3. The van der Waals surface area contributed by atoms with Gasteiger partial charge in [-0.15, -0.1) is 0 Å². The highest BCUT2D eigenvalue weighted by atomic mass is 19.1. The first-order valence-corrected chi connectivity index (χ1v) is 5.34. The van der Waals surface area contributed by atoms with Crippen LogP contribution in [-0.2, 0) is 0 Å². The highest BCUT2D eigenvalue weighted by Crippen LogP contribution is 2.23. The SMILES string of the molecule is Fc1ccccc1-n1cncc1C1CNC1. The third-order valence-electron chi connectivity index (χ3n) is 2.98. The number of hydrogen-bond acceptors (Lipinski definition) is 2. The molecule has 0 spiro atoms. The Hall–Kier alpha value is -1.68. The van der Waals surface area contributed by atoms with Gasteiger partial charge in [0.2, 0.25) is 0 Å². The van der Waals surface area contributed by atoms with Crippen molar-refractivity contribution >= 4 is 0 Å². The van der Waals surface area contributed by atoms with Crippen molar-refractivity contribution in [2.45, 2.75) is 5.92 Å². The van der Waals surface area contributed by atoms with E-state index in [0.29, 0.717) is 11.6 Å². The molecule has 1 fully saturated rings. The van der Waals surface area contributed by atoms with Crippen LogP contribution < -0.4 is 5.32 Å². The van der Waals surface area contributed by atoms with Gasteiger partial charge in [-0.3, -0.25) is 4.57 Å². The van der Waals surface area contributed by atoms with Gasteiger partial charge in [-0.1, -0.05) is 12.1 Å². The number of nitrogens with zero attached hydrogens (tertiary/aromatic N) is 2. The van der Waals surface area contributed by atoms with Crippen LogP contribution in [0.15, 0.2) is 36.8 Å². The first kappa shape index (κ1) is 9.54. The Morgan fingerprint density at radius 2 is 2.12 bits per heavy atom. The molecule has 1 aliphatic heterocycles. The van der Waals surface area contributed by atoms with Crippen molar-refractivity contribution < 1.29 is 4.39 Å². The van der Waals surface area contributed by atoms with Gasteiger partial charge in [0.15, 0.2) is 0 Å². The molecule has 0 unspecified atom stereocenters. The van der Waals surface area contributed by atoms with E-state index < -0.39 is 0 Å². The molecule has 2 heterocycles. The third-order valence-corrected chi connectivity index (χ3v) is 2.98. The predicted octanol–water partition coefficient (Wildman–Crippen LogP) is 1.70. The molecule has 0 amide bonds. The summed E-state index contributed by atoms with van der Waals surface area (Å²) in [7, 11) is 0. The van der Waals surface area contributed by atoms with E-state index in [4.69, 9.17) is 0 Å². The Kier molecular flexibility index (Phi) is 2.22. The molecule has 0 aliphatic carbocycles. The standard InChI is InChI=1S/C12H12FN3/c13-10-3-1-2-4-11(10)16-8-15-7-12(16)9-5-14-6-9/h1-4,7-9,14H,5-6H2. The third kappa shape index (κ3) is 1.42. The lowest BCUT2D eigenvalue weighted by molar-refractivity contribution is 0.434. The molecule has 1 aromatic carbocycles. The second-order valence-electron chi connectivity index (χ2n) is 4.00. The molecule has 16 heavy (non-hydrogen) atoms. The maximum atomic E-state index is 13.7. The lowest BCUT2D eigenvalue weighted by Crippen LogP contribution is -2.40. The zero-order chi connectivity index (χ0) is 11.0. The monoisotopic (exact) mass is 217 g/mol. The van der Waals surface area contributed by atoms with Crippen LogP contribution in [0.5, 0.6) is 0 Å². The summed E-state index contributed by atoms with van der Waals surface area (Å²) in [6.45, 7) is 1.89. The summed E-state index contributed by atoms with van der Waals surface area (Å²) in [5, 5.41) is 3.21. The van der Waals surface area contributed by atoms with Crippen LogP contribution >= 0.6 is 0 Å². The maximum absolute atomic E-state index is 13.7. The van der Waals surface area contributed by atoms with Crippen LogP contribution in [-0.4, -0.2) is 22.6 Å². The first-order valence-electron chi connectivity index (χ1n) is 5.34. The second-order valence-corrected chi connectivity index (χ2v) is 4.00. The largest absolute Gasteiger partial charge is 0.315 e. The fourth-order valence-electron chi connectivity index (χ4n) is 1.95. The highest BCUT2D eigenvalue weighted by molar-refractivity contribution is 5.36. The van der Waals surface area contributed by atoms with Gasteiger partial charge in [-0.25, -0.2) is 9.37 Å². The van der Waals surface area contributed by atoms with Crippen LogP contribution in [0.4, 0.5) is 4.39 Å². The van der Waals surface area contributed by atoms with E-state index in [0.717, 1.165) is 18.8 Å². The Morgan fingerprint density at radius 1 is 1.31 bits per heavy atom. The van der Waals surface area contributed by atoms with E-state index in [9.17, 15) is 4.39 Å². The molecule has 82 valence electrons. The molecule has 0 atom stereocenters. The van der Waals surface area contributed by atoms with Crippen molar-refractivity contribution in [1.29, 1.82) is 0 Å². The van der Waals surface area contributed by atoms with Crippen molar-refractivity contribution in [1.82, 2.24) is 14.9 Å². The molecule has 1 N–H and O–H groups in total. The van der Waals surface area contributed by atoms with E-state index in [1.165, 1.54) is 6.07 Å². The summed E-state index contributed by atoms with van der Waals surface area (Å²) >= 11 is 0. The summed E-state index contributed by atoms with van der Waals surface area (Å²) in [5.74, 6) is 0.233. The number of halogens is 1. The van der Waals surface area contributed by atoms with Crippen molar-refractivity contribution in [3.63, 3.8) is 0 Å². The molecule has 1 aliphatic rings. The quantitative estimate of drug-likeness (QED) is 0.829. The Balaban J connectivity index is 2.06. The second kappa shape index (κ2) is 3.72. The molecular weight excluding hydrogens is 205 g/mol. The molecule has 0 bridgehead atoms. The van der Waals surface area contributed by atoms with E-state index in [1.807, 2.05) is 16.8 Å². The minimum absolute atomic E-state index is 0.214. The topological polar surface area (TPSA) is 29.9 Å². The number of benzene rings is 1. The van der Waals surface area contributed by atoms with Gasteiger partial charge in [0, 0.05) is 30.9 Å². The summed E-state index contributed by atoms with van der Waals surface area (Å²) in [4.78, 5) is 4.11. The molecule has 2 aromatic rings. The zero-order valence-corrected chi connectivity index (χ0v) is 8.73. The van der Waals surface area contributed by atoms with Crippen LogP contribution in [0, 0.1) is 5.82 Å². The van der Waals surface area contributed by atoms with Crippen LogP contribution in [0.25, 0.3) is 5.69 Å². The lowest BCUT2D eigenvalue weighted by Gasteiger charge is -2.27. The number of aromatic nitrogens is 2. The summed E-state index contributed by atoms with van der Waals surface area (Å²) in [6, 6.07) is 6.77. The van der Waals surface area contributed by atoms with Crippen LogP contribution in [0.2, 0.25) is 0 Å². The molecule has 4 heteroatoms. The highest BCUT2D eigenvalue weighted by Gasteiger charge is 2.23. The fourth-order valence-corrected chi connectivity index (χ4v) is 1.95. The molecule has 0 radical (unpaired) electrons. The summed E-state index contributed by atoms with van der Waals surface area (Å²) < 4.78 is 15.5. The van der Waals surface area contributed by atoms with Crippen molar-refractivity contribution in [3.05, 3.63) is 48.3 Å². The summed E-state index contributed by atoms with van der Waals surface area (Å²) in [6.07, 6.45) is 3.49. The predicted molar refractivity (Wildman–Crippen MR) is 59.1 cm³/mol. The van der Waals surface area contributed by atoms with Gasteiger partial charge < -0.3 is 5.32 Å². The van der Waals surface area contributed by atoms with E-state index in [-0.39, 0.29) is 5.82 Å². The Labute approximate surface area is 92.9 Å². The smallest absolute Gasteiger partial charge is 0.147 e. The number of imidazole rings is 1. The van der Waals surface area contributed by atoms with Crippen molar-refractivity contribution in [3.8, 4) is 5.69 Å². The van der Waals surface area contributed by atoms with E-state index in [1.54, 1.807) is 18.5 Å². The number of rotatable bonds is 2. The van der Waals surface area contributed by atoms with Gasteiger partial charge in [0.25, 0.3) is 0 Å². The number of para-hydroxylation sites is 1. The van der Waals surface area contributed by atoms with Gasteiger partial charge in [-0.2, -0.15) is 0 Å². The van der Waals surface area contributed by atoms with Crippen molar-refractivity contribution in [2.75, 3.05) is 13.1 Å². The van der Waals surface area contributed by atoms with Gasteiger partial charge >= 0.3 is 0 Å². The van der Waals surface area contributed by atoms with Crippen LogP contribution in [0.1, 0.15) is 11.6 Å². The average molecular weight is 217 g/mol. The minimum atomic E-state index is -0.214. The van der Waals surface area contributed by atoms with E-state index >= 15 is 0 Å². The Morgan fingerprint density at radius 3 is 2.81 bits per heavy atom. The van der Waals surface area contributed by atoms with Gasteiger partial charge in [-0.05, 0) is 12.1 Å². The zero-order valence-electron chi connectivity index (χ0n) is 8.73. The van der Waals surface area contributed by atoms with Crippen LogP contribution in [0.3, 0.4) is 0 Å². The van der Waals surface area contributed by atoms with E-state index in [2.05, 4.69) is 10.3 Å². The molecule has 3 nitrogen and oxygen atoms in total.